The van der Waals surface area contributed by atoms with Crippen LogP contribution >= 0.6 is 15.9 Å². The van der Waals surface area contributed by atoms with Crippen LogP contribution in [0.1, 0.15) is 45.6 Å². The average molecular weight is 413 g/mol. The van der Waals surface area contributed by atoms with Gasteiger partial charge in [0.1, 0.15) is 18.0 Å². The first-order valence-corrected chi connectivity index (χ1v) is 9.33. The molecule has 0 radical (unpaired) electrons. The molecule has 0 amide bonds. The Morgan fingerprint density at radius 2 is 1.72 bits per heavy atom. The van der Waals surface area contributed by atoms with Crippen LogP contribution < -0.4 is 0 Å². The molecule has 0 unspecified atom stereocenters. The van der Waals surface area contributed by atoms with Crippen molar-refractivity contribution < 1.29 is 23.9 Å². The van der Waals surface area contributed by atoms with Crippen molar-refractivity contribution in [2.45, 2.75) is 52.2 Å². The van der Waals surface area contributed by atoms with E-state index in [0.717, 1.165) is 5.56 Å². The van der Waals surface area contributed by atoms with Gasteiger partial charge in [0, 0.05) is 12.3 Å². The first-order chi connectivity index (χ1) is 11.7. The molecular formula is C19H25BrO5. The standard InChI is InChI=1S/C19H25BrO5/c1-19(2,3)25-17(22)10-9-15(16(21)12-20)11-18(23)24-13-14-7-5-4-6-8-14/h4-8,15H,9-13H2,1-3H3/t15-/m0/s1. The highest BCUT2D eigenvalue weighted by molar-refractivity contribution is 9.09. The van der Waals surface area contributed by atoms with Crippen molar-refractivity contribution in [3.05, 3.63) is 35.9 Å². The van der Waals surface area contributed by atoms with E-state index in [2.05, 4.69) is 15.9 Å². The van der Waals surface area contributed by atoms with Gasteiger partial charge in [-0.3, -0.25) is 14.4 Å². The number of hydrogen-bond acceptors (Lipinski definition) is 5. The van der Waals surface area contributed by atoms with Crippen LogP contribution in [0.3, 0.4) is 0 Å². The lowest BCUT2D eigenvalue weighted by Crippen LogP contribution is -2.26. The summed E-state index contributed by atoms with van der Waals surface area (Å²) >= 11 is 3.12. The Hall–Kier alpha value is -1.69. The molecule has 5 nitrogen and oxygen atoms in total. The van der Waals surface area contributed by atoms with Crippen LogP contribution in [0.5, 0.6) is 0 Å². The van der Waals surface area contributed by atoms with Crippen molar-refractivity contribution >= 4 is 33.7 Å². The van der Waals surface area contributed by atoms with Gasteiger partial charge in [-0.05, 0) is 32.8 Å². The topological polar surface area (TPSA) is 69.7 Å². The van der Waals surface area contributed by atoms with Crippen molar-refractivity contribution in [1.82, 2.24) is 0 Å². The van der Waals surface area contributed by atoms with E-state index in [-0.39, 0.29) is 43.0 Å². The Balaban J connectivity index is 2.50. The average Bonchev–Trinajstić information content (AvgIpc) is 2.55. The number of carbonyl (C=O) groups is 3. The highest BCUT2D eigenvalue weighted by Crippen LogP contribution is 2.18. The normalized spacial score (nSPS) is 12.3. The third-order valence-corrected chi connectivity index (χ3v) is 3.91. The fraction of sp³-hybridized carbons (Fsp3) is 0.526. The second-order valence-corrected chi connectivity index (χ2v) is 7.33. The molecule has 6 heteroatoms. The van der Waals surface area contributed by atoms with E-state index in [1.54, 1.807) is 20.8 Å². The number of hydrogen-bond donors (Lipinski definition) is 0. The van der Waals surface area contributed by atoms with Gasteiger partial charge in [-0.2, -0.15) is 0 Å². The van der Waals surface area contributed by atoms with E-state index in [1.165, 1.54) is 0 Å². The number of carbonyl (C=O) groups excluding carboxylic acids is 3. The number of esters is 2. The van der Waals surface area contributed by atoms with Gasteiger partial charge >= 0.3 is 11.9 Å². The summed E-state index contributed by atoms with van der Waals surface area (Å²) in [7, 11) is 0. The van der Waals surface area contributed by atoms with Gasteiger partial charge in [0.25, 0.3) is 0 Å². The van der Waals surface area contributed by atoms with Crippen LogP contribution in [0.25, 0.3) is 0 Å². The van der Waals surface area contributed by atoms with Gasteiger partial charge in [-0.15, -0.1) is 0 Å². The molecule has 1 rings (SSSR count). The van der Waals surface area contributed by atoms with E-state index < -0.39 is 17.5 Å². The van der Waals surface area contributed by atoms with Crippen LogP contribution in [0.15, 0.2) is 30.3 Å². The molecule has 0 heterocycles. The SMILES string of the molecule is CC(C)(C)OC(=O)CC[C@@H](CC(=O)OCc1ccccc1)C(=O)CBr. The van der Waals surface area contributed by atoms with Crippen molar-refractivity contribution in [3.8, 4) is 0 Å². The minimum atomic E-state index is -0.569. The van der Waals surface area contributed by atoms with Gasteiger partial charge in [-0.25, -0.2) is 0 Å². The lowest BCUT2D eigenvalue weighted by molar-refractivity contribution is -0.156. The Morgan fingerprint density at radius 1 is 1.08 bits per heavy atom. The summed E-state index contributed by atoms with van der Waals surface area (Å²) in [5.74, 6) is -1.51. The molecule has 1 aromatic carbocycles. The Labute approximate surface area is 157 Å². The molecule has 1 atom stereocenters. The Kier molecular flexibility index (Phi) is 8.83. The van der Waals surface area contributed by atoms with E-state index in [1.807, 2.05) is 30.3 Å². The number of Topliss-reactive ketones (excluding diaryl/α,β-unsaturated/α-hetero) is 1. The first kappa shape index (κ1) is 21.4. The van der Waals surface area contributed by atoms with Crippen LogP contribution in [-0.4, -0.2) is 28.7 Å². The zero-order valence-corrected chi connectivity index (χ0v) is 16.5. The number of rotatable bonds is 9. The van der Waals surface area contributed by atoms with Crippen LogP contribution in [0.2, 0.25) is 0 Å². The summed E-state index contributed by atoms with van der Waals surface area (Å²) in [5, 5.41) is 0.137. The molecule has 0 N–H and O–H groups in total. The molecule has 25 heavy (non-hydrogen) atoms. The number of halogens is 1. The Morgan fingerprint density at radius 3 is 2.28 bits per heavy atom. The molecule has 1 aromatic rings. The summed E-state index contributed by atoms with van der Waals surface area (Å²) in [6.45, 7) is 5.52. The summed E-state index contributed by atoms with van der Waals surface area (Å²) in [4.78, 5) is 35.8. The zero-order valence-electron chi connectivity index (χ0n) is 14.9. The fourth-order valence-corrected chi connectivity index (χ4v) is 2.63. The second-order valence-electron chi connectivity index (χ2n) is 6.77. The predicted octanol–water partition coefficient (Wildman–Crippen LogP) is 3.82. The van der Waals surface area contributed by atoms with Crippen molar-refractivity contribution in [3.63, 3.8) is 0 Å². The van der Waals surface area contributed by atoms with Gasteiger partial charge in [0.15, 0.2) is 0 Å². The van der Waals surface area contributed by atoms with E-state index in [4.69, 9.17) is 9.47 Å². The van der Waals surface area contributed by atoms with Gasteiger partial charge in [0.2, 0.25) is 0 Å². The summed E-state index contributed by atoms with van der Waals surface area (Å²) in [6, 6.07) is 9.32. The fourth-order valence-electron chi connectivity index (χ4n) is 2.17. The summed E-state index contributed by atoms with van der Waals surface area (Å²) in [5.41, 5.74) is 0.314. The molecule has 0 saturated carbocycles. The smallest absolute Gasteiger partial charge is 0.306 e. The summed E-state index contributed by atoms with van der Waals surface area (Å²) in [6.07, 6.45) is 0.312. The number of benzene rings is 1. The maximum absolute atomic E-state index is 12.0. The van der Waals surface area contributed by atoms with E-state index in [0.29, 0.717) is 0 Å². The minimum Gasteiger partial charge on any atom is -0.461 e. The van der Waals surface area contributed by atoms with Gasteiger partial charge in [-0.1, -0.05) is 46.3 Å². The first-order valence-electron chi connectivity index (χ1n) is 8.21. The quantitative estimate of drug-likeness (QED) is 0.455. The molecule has 0 aliphatic heterocycles. The van der Waals surface area contributed by atoms with Gasteiger partial charge < -0.3 is 9.47 Å². The lowest BCUT2D eigenvalue weighted by Gasteiger charge is -2.20. The number of ketones is 1. The highest BCUT2D eigenvalue weighted by Gasteiger charge is 2.24. The molecule has 0 aliphatic rings. The summed E-state index contributed by atoms with van der Waals surface area (Å²) < 4.78 is 10.5. The predicted molar refractivity (Wildman–Crippen MR) is 98.2 cm³/mol. The van der Waals surface area contributed by atoms with Crippen LogP contribution in [0.4, 0.5) is 0 Å². The van der Waals surface area contributed by atoms with Crippen molar-refractivity contribution in [1.29, 1.82) is 0 Å². The van der Waals surface area contributed by atoms with Crippen molar-refractivity contribution in [2.75, 3.05) is 5.33 Å². The minimum absolute atomic E-state index is 0.0416. The zero-order chi connectivity index (χ0) is 18.9. The van der Waals surface area contributed by atoms with Gasteiger partial charge in [0.05, 0.1) is 11.8 Å². The van der Waals surface area contributed by atoms with Crippen LogP contribution in [-0.2, 0) is 30.5 Å². The maximum atomic E-state index is 12.0. The third kappa shape index (κ3) is 9.39. The molecular weight excluding hydrogens is 388 g/mol. The molecule has 0 spiro atoms. The molecule has 0 saturated heterocycles. The largest absolute Gasteiger partial charge is 0.461 e. The second kappa shape index (κ2) is 10.3. The number of ether oxygens (including phenoxy) is 2. The molecule has 0 aliphatic carbocycles. The molecule has 0 bridgehead atoms. The Bertz CT molecular complexity index is 577. The number of alkyl halides is 1. The third-order valence-electron chi connectivity index (χ3n) is 3.36. The molecule has 0 fully saturated rings. The van der Waals surface area contributed by atoms with E-state index in [9.17, 15) is 14.4 Å². The lowest BCUT2D eigenvalue weighted by atomic mass is 9.95. The van der Waals surface area contributed by atoms with E-state index >= 15 is 0 Å². The van der Waals surface area contributed by atoms with Crippen molar-refractivity contribution in [2.24, 2.45) is 5.92 Å². The monoisotopic (exact) mass is 412 g/mol. The molecule has 138 valence electrons. The maximum Gasteiger partial charge on any atom is 0.306 e. The molecule has 0 aromatic heterocycles. The van der Waals surface area contributed by atoms with Crippen LogP contribution in [0, 0.1) is 5.92 Å². The highest BCUT2D eigenvalue weighted by atomic mass is 79.9.